The number of H-pyrrole nitrogens is 1. The molecule has 5 aromatic rings. The average Bonchev–Trinajstić information content (AvgIpc) is 3.94. The number of nitrogens with zero attached hydrogens (tertiary/aromatic N) is 7. The number of ether oxygens (including phenoxy) is 2. The molecule has 3 aromatic heterocycles. The molecule has 0 aliphatic carbocycles. The summed E-state index contributed by atoms with van der Waals surface area (Å²) in [6.07, 6.45) is 6.19. The summed E-state index contributed by atoms with van der Waals surface area (Å²) in [6.45, 7) is 5.04. The largest absolute Gasteiger partial charge is 0.475 e. The van der Waals surface area contributed by atoms with Gasteiger partial charge in [0.15, 0.2) is 11.4 Å². The second-order valence-corrected chi connectivity index (χ2v) is 13.1. The van der Waals surface area contributed by atoms with Crippen molar-refractivity contribution in [3.05, 3.63) is 78.8 Å². The molecule has 7 rings (SSSR count). The zero-order valence-electron chi connectivity index (χ0n) is 31.2. The first-order chi connectivity index (χ1) is 25.5. The van der Waals surface area contributed by atoms with E-state index in [-0.39, 0.29) is 32.2 Å². The number of pyridine rings is 1. The van der Waals surface area contributed by atoms with Gasteiger partial charge in [-0.25, -0.2) is 9.97 Å². The maximum Gasteiger partial charge on any atom is 0.258 e. The summed E-state index contributed by atoms with van der Waals surface area (Å²) >= 11 is 0. The number of fused-ring (bicyclic) bond motifs is 1. The highest BCUT2D eigenvalue weighted by Gasteiger charge is 2.45. The Balaban J connectivity index is 0.993. The second kappa shape index (κ2) is 14.4. The Kier molecular flexibility index (Phi) is 8.95. The number of likely N-dealkylation sites (tertiary alicyclic amines) is 1. The predicted molar refractivity (Wildman–Crippen MR) is 195 cm³/mol. The van der Waals surface area contributed by atoms with Crippen LogP contribution in [0.4, 0.5) is 5.69 Å². The van der Waals surface area contributed by atoms with Crippen molar-refractivity contribution in [3.8, 4) is 28.5 Å². The molecule has 1 fully saturated rings. The van der Waals surface area contributed by atoms with Gasteiger partial charge < -0.3 is 19.7 Å². The number of aromatic nitrogens is 6. The van der Waals surface area contributed by atoms with Gasteiger partial charge in [-0.15, -0.1) is 0 Å². The van der Waals surface area contributed by atoms with Crippen LogP contribution in [0.25, 0.3) is 39.1 Å². The van der Waals surface area contributed by atoms with Gasteiger partial charge in [0.1, 0.15) is 12.0 Å². The Bertz CT molecular complexity index is 2150. The molecule has 2 amide bonds. The Labute approximate surface area is 299 Å². The van der Waals surface area contributed by atoms with Gasteiger partial charge in [-0.05, 0) is 69.0 Å². The lowest BCUT2D eigenvalue weighted by Crippen LogP contribution is -2.48. The maximum absolute atomic E-state index is 13.8. The molecule has 2 aromatic carbocycles. The summed E-state index contributed by atoms with van der Waals surface area (Å²) in [5.74, 6) is 0.139. The standard InChI is InChI=1S/C38H43N9O4/c1-5-47-24-40-36(44-47)28-8-6-26(7-9-28)27-14-17-46(18-15-27)34(48)22-45-19-16-38(23-45,50-4)37(49)41-30-11-12-32-31(20-30)35(43-42-32)29-10-13-33(39-21-29)51-25(2)3/h6-14,20-21,24-25H,5,15-19,22-23H2,1-4H3,(H,41,49)(H,42,43)/i22D2. The quantitative estimate of drug-likeness (QED) is 0.195. The molecule has 13 heteroatoms. The Morgan fingerprint density at radius 2 is 1.86 bits per heavy atom. The monoisotopic (exact) mass is 691 g/mol. The summed E-state index contributed by atoms with van der Waals surface area (Å²) in [5.41, 5.74) is 4.47. The lowest BCUT2D eigenvalue weighted by Gasteiger charge is -2.30. The van der Waals surface area contributed by atoms with Crippen LogP contribution in [0.1, 0.15) is 41.9 Å². The zero-order valence-corrected chi connectivity index (χ0v) is 29.2. The zero-order chi connectivity index (χ0) is 37.3. The second-order valence-electron chi connectivity index (χ2n) is 13.1. The van der Waals surface area contributed by atoms with Gasteiger partial charge in [0.2, 0.25) is 11.8 Å². The molecule has 0 radical (unpaired) electrons. The van der Waals surface area contributed by atoms with E-state index in [0.717, 1.165) is 39.7 Å². The fourth-order valence-corrected chi connectivity index (χ4v) is 6.44. The van der Waals surface area contributed by atoms with Gasteiger partial charge in [-0.2, -0.15) is 10.2 Å². The van der Waals surface area contributed by atoms with E-state index in [1.165, 1.54) is 16.9 Å². The number of hydrogen-bond donors (Lipinski definition) is 2. The highest BCUT2D eigenvalue weighted by atomic mass is 16.5. The average molecular weight is 692 g/mol. The topological polar surface area (TPSA) is 143 Å². The highest BCUT2D eigenvalue weighted by molar-refractivity contribution is 6.01. The van der Waals surface area contributed by atoms with Gasteiger partial charge >= 0.3 is 0 Å². The molecule has 1 unspecified atom stereocenters. The van der Waals surface area contributed by atoms with Gasteiger partial charge in [0.05, 0.1) is 20.9 Å². The van der Waals surface area contributed by atoms with Gasteiger partial charge in [-0.1, -0.05) is 30.3 Å². The number of aryl methyl sites for hydroxylation is 1. The van der Waals surface area contributed by atoms with Crippen molar-refractivity contribution in [1.82, 2.24) is 39.7 Å². The van der Waals surface area contributed by atoms with Crippen molar-refractivity contribution >= 4 is 34.0 Å². The summed E-state index contributed by atoms with van der Waals surface area (Å²) in [5, 5.41) is 15.7. The third kappa shape index (κ3) is 7.26. The molecule has 5 heterocycles. The van der Waals surface area contributed by atoms with E-state index in [1.807, 2.05) is 69.3 Å². The highest BCUT2D eigenvalue weighted by Crippen LogP contribution is 2.32. The van der Waals surface area contributed by atoms with Crippen molar-refractivity contribution in [3.63, 3.8) is 0 Å². The van der Waals surface area contributed by atoms with Crippen molar-refractivity contribution in [2.24, 2.45) is 0 Å². The normalized spacial score (nSPS) is 18.8. The van der Waals surface area contributed by atoms with Crippen LogP contribution in [0.2, 0.25) is 0 Å². The molecule has 264 valence electrons. The minimum Gasteiger partial charge on any atom is -0.475 e. The molecule has 0 saturated carbocycles. The molecule has 13 nitrogen and oxygen atoms in total. The Hall–Kier alpha value is -5.40. The smallest absolute Gasteiger partial charge is 0.258 e. The van der Waals surface area contributed by atoms with E-state index < -0.39 is 23.9 Å². The van der Waals surface area contributed by atoms with Crippen LogP contribution in [0.3, 0.4) is 0 Å². The van der Waals surface area contributed by atoms with Crippen LogP contribution < -0.4 is 10.1 Å². The molecule has 1 atom stereocenters. The number of aromatic amines is 1. The number of hydrogen-bond acceptors (Lipinski definition) is 9. The van der Waals surface area contributed by atoms with Crippen LogP contribution in [0.5, 0.6) is 5.88 Å². The summed E-state index contributed by atoms with van der Waals surface area (Å²) in [7, 11) is 1.44. The number of rotatable bonds is 11. The van der Waals surface area contributed by atoms with Crippen molar-refractivity contribution in [2.75, 3.05) is 45.1 Å². The molecular weight excluding hydrogens is 646 g/mol. The van der Waals surface area contributed by atoms with E-state index in [4.69, 9.17) is 12.2 Å². The molecular formula is C38H43N9O4. The number of nitrogens with one attached hydrogen (secondary N) is 2. The van der Waals surface area contributed by atoms with E-state index >= 15 is 0 Å². The number of anilines is 1. The third-order valence-corrected chi connectivity index (χ3v) is 9.35. The van der Waals surface area contributed by atoms with Crippen LogP contribution >= 0.6 is 0 Å². The van der Waals surface area contributed by atoms with Crippen LogP contribution in [0, 0.1) is 0 Å². The Morgan fingerprint density at radius 1 is 1.06 bits per heavy atom. The Morgan fingerprint density at radius 3 is 2.55 bits per heavy atom. The number of benzene rings is 2. The first kappa shape index (κ1) is 31.6. The van der Waals surface area contributed by atoms with E-state index in [1.54, 1.807) is 29.3 Å². The van der Waals surface area contributed by atoms with Crippen LogP contribution in [0.15, 0.2) is 73.2 Å². The van der Waals surface area contributed by atoms with Crippen LogP contribution in [-0.4, -0.2) is 103 Å². The fourth-order valence-electron chi connectivity index (χ4n) is 6.44. The minimum absolute atomic E-state index is 0.00487. The summed E-state index contributed by atoms with van der Waals surface area (Å²) in [6, 6.07) is 17.1. The molecule has 2 aliphatic rings. The van der Waals surface area contributed by atoms with Crippen molar-refractivity contribution in [1.29, 1.82) is 0 Å². The number of carbonyl (C=O) groups is 2. The molecule has 0 spiro atoms. The number of methoxy groups -OCH3 is 1. The van der Waals surface area contributed by atoms with E-state index in [0.29, 0.717) is 36.1 Å². The van der Waals surface area contributed by atoms with E-state index in [9.17, 15) is 9.59 Å². The molecule has 1 saturated heterocycles. The number of amides is 2. The maximum atomic E-state index is 13.8. The van der Waals surface area contributed by atoms with Gasteiger partial charge in [0, 0.05) is 74.3 Å². The molecule has 2 N–H and O–H groups in total. The van der Waals surface area contributed by atoms with Gasteiger partial charge in [0.25, 0.3) is 5.91 Å². The van der Waals surface area contributed by atoms with Crippen molar-refractivity contribution < 1.29 is 21.8 Å². The van der Waals surface area contributed by atoms with E-state index in [2.05, 4.69) is 30.6 Å². The molecule has 2 aliphatic heterocycles. The van der Waals surface area contributed by atoms with Gasteiger partial charge in [-0.3, -0.25) is 24.3 Å². The number of carbonyl (C=O) groups excluding carboxylic acids is 2. The van der Waals surface area contributed by atoms with Crippen molar-refractivity contribution in [2.45, 2.75) is 51.9 Å². The SMILES string of the molecule is [2H]C([2H])(C(=O)N1CC=C(c2ccc(-c3ncn(CC)n3)cc2)CC1)N1CCC(OC)(C(=O)Nc2ccc3[nH]nc(-c4ccc(OC(C)C)nc4)c3c2)C1. The fraction of sp³-hybridized carbons (Fsp3) is 0.368. The van der Waals surface area contributed by atoms with Crippen LogP contribution in [-0.2, 0) is 20.9 Å². The third-order valence-electron chi connectivity index (χ3n) is 9.35. The first-order valence-corrected chi connectivity index (χ1v) is 17.2. The predicted octanol–water partition coefficient (Wildman–Crippen LogP) is 5.04. The molecule has 0 bridgehead atoms. The lowest BCUT2D eigenvalue weighted by atomic mass is 9.98. The first-order valence-electron chi connectivity index (χ1n) is 18.2. The summed E-state index contributed by atoms with van der Waals surface area (Å²) in [4.78, 5) is 39.2. The summed E-state index contributed by atoms with van der Waals surface area (Å²) < 4.78 is 31.0. The minimum atomic E-state index is -2.34. The lowest BCUT2D eigenvalue weighted by molar-refractivity contribution is -0.138. The molecule has 51 heavy (non-hydrogen) atoms.